The van der Waals surface area contributed by atoms with Crippen LogP contribution in [0.3, 0.4) is 0 Å². The standard InChI is InChI=1S/C27H51N3/c1-22-28(19-25-13-7-4-8-14-25)23(2)30(21-27-17-11-6-12-18-27)24(3)29(22)20-26-15-9-5-10-16-26/h22-27H,4-21H2,1-3H3. The summed E-state index contributed by atoms with van der Waals surface area (Å²) in [7, 11) is 0. The van der Waals surface area contributed by atoms with E-state index in [0.717, 1.165) is 17.8 Å². The molecule has 0 aromatic heterocycles. The fourth-order valence-electron chi connectivity index (χ4n) is 7.43. The van der Waals surface area contributed by atoms with Crippen LogP contribution in [-0.2, 0) is 0 Å². The highest BCUT2D eigenvalue weighted by atomic mass is 15.6. The van der Waals surface area contributed by atoms with Gasteiger partial charge in [-0.3, -0.25) is 14.7 Å². The van der Waals surface area contributed by atoms with Crippen LogP contribution in [0.2, 0.25) is 0 Å². The van der Waals surface area contributed by atoms with Gasteiger partial charge in [0.05, 0.1) is 18.5 Å². The van der Waals surface area contributed by atoms with Crippen molar-refractivity contribution in [3.8, 4) is 0 Å². The van der Waals surface area contributed by atoms with E-state index in [2.05, 4.69) is 35.5 Å². The first-order valence-corrected chi connectivity index (χ1v) is 13.9. The van der Waals surface area contributed by atoms with Gasteiger partial charge in [0.25, 0.3) is 0 Å². The van der Waals surface area contributed by atoms with Gasteiger partial charge in [0.15, 0.2) is 0 Å². The third kappa shape index (κ3) is 5.62. The summed E-state index contributed by atoms with van der Waals surface area (Å²) in [5, 5.41) is 0. The van der Waals surface area contributed by atoms with E-state index in [0.29, 0.717) is 18.5 Å². The van der Waals surface area contributed by atoms with Crippen LogP contribution in [0.4, 0.5) is 0 Å². The third-order valence-corrected chi connectivity index (χ3v) is 9.46. The maximum atomic E-state index is 2.92. The Morgan fingerprint density at radius 3 is 0.867 bits per heavy atom. The van der Waals surface area contributed by atoms with Gasteiger partial charge in [0.2, 0.25) is 0 Å². The topological polar surface area (TPSA) is 9.72 Å². The summed E-state index contributed by atoms with van der Waals surface area (Å²) in [6.45, 7) is 11.6. The van der Waals surface area contributed by atoms with Gasteiger partial charge in [0.1, 0.15) is 0 Å². The Hall–Kier alpha value is -0.120. The Labute approximate surface area is 187 Å². The second kappa shape index (κ2) is 11.1. The van der Waals surface area contributed by atoms with E-state index in [4.69, 9.17) is 0 Å². The van der Waals surface area contributed by atoms with Crippen molar-refractivity contribution in [2.75, 3.05) is 19.6 Å². The lowest BCUT2D eigenvalue weighted by Crippen LogP contribution is -2.70. The summed E-state index contributed by atoms with van der Waals surface area (Å²) < 4.78 is 0. The minimum atomic E-state index is 0.599. The van der Waals surface area contributed by atoms with Gasteiger partial charge in [-0.25, -0.2) is 0 Å². The van der Waals surface area contributed by atoms with Crippen molar-refractivity contribution in [2.45, 2.75) is 136 Å². The molecule has 0 atom stereocenters. The highest BCUT2D eigenvalue weighted by Gasteiger charge is 2.42. The second-order valence-electron chi connectivity index (χ2n) is 11.5. The monoisotopic (exact) mass is 417 g/mol. The molecule has 1 aliphatic heterocycles. The average Bonchev–Trinajstić information content (AvgIpc) is 2.79. The first kappa shape index (κ1) is 23.1. The van der Waals surface area contributed by atoms with E-state index in [-0.39, 0.29) is 0 Å². The fourth-order valence-corrected chi connectivity index (χ4v) is 7.43. The van der Waals surface area contributed by atoms with Crippen molar-refractivity contribution in [3.05, 3.63) is 0 Å². The molecule has 4 aliphatic rings. The molecule has 30 heavy (non-hydrogen) atoms. The van der Waals surface area contributed by atoms with Crippen molar-refractivity contribution in [1.82, 2.24) is 14.7 Å². The van der Waals surface area contributed by atoms with E-state index in [9.17, 15) is 0 Å². The molecule has 3 heteroatoms. The van der Waals surface area contributed by atoms with E-state index in [1.165, 1.54) is 116 Å². The van der Waals surface area contributed by atoms with Gasteiger partial charge in [-0.2, -0.15) is 0 Å². The van der Waals surface area contributed by atoms with Crippen LogP contribution >= 0.6 is 0 Å². The van der Waals surface area contributed by atoms with Crippen LogP contribution in [0.1, 0.15) is 117 Å². The Kier molecular flexibility index (Phi) is 8.56. The Morgan fingerprint density at radius 1 is 0.400 bits per heavy atom. The molecule has 0 amide bonds. The molecule has 0 aromatic carbocycles. The molecular weight excluding hydrogens is 366 g/mol. The lowest BCUT2D eigenvalue weighted by atomic mass is 9.87. The Balaban J connectivity index is 1.48. The number of hydrogen-bond donors (Lipinski definition) is 0. The maximum absolute atomic E-state index is 2.92. The Morgan fingerprint density at radius 2 is 0.633 bits per heavy atom. The van der Waals surface area contributed by atoms with Crippen molar-refractivity contribution in [3.63, 3.8) is 0 Å². The largest absolute Gasteiger partial charge is 0.272 e. The predicted molar refractivity (Wildman–Crippen MR) is 128 cm³/mol. The average molecular weight is 418 g/mol. The van der Waals surface area contributed by atoms with Gasteiger partial charge in [-0.1, -0.05) is 57.8 Å². The molecule has 3 aliphatic carbocycles. The molecule has 0 N–H and O–H groups in total. The fraction of sp³-hybridized carbons (Fsp3) is 1.00. The second-order valence-corrected chi connectivity index (χ2v) is 11.5. The first-order valence-electron chi connectivity index (χ1n) is 13.9. The quantitative estimate of drug-likeness (QED) is 0.477. The highest BCUT2D eigenvalue weighted by Crippen LogP contribution is 2.35. The highest BCUT2D eigenvalue weighted by molar-refractivity contribution is 4.90. The van der Waals surface area contributed by atoms with Gasteiger partial charge >= 0.3 is 0 Å². The summed E-state index contributed by atoms with van der Waals surface area (Å²) in [5.41, 5.74) is 0. The molecule has 0 unspecified atom stereocenters. The Bertz CT molecular complexity index is 407. The van der Waals surface area contributed by atoms with Crippen LogP contribution < -0.4 is 0 Å². The molecule has 3 saturated carbocycles. The zero-order chi connectivity index (χ0) is 20.9. The lowest BCUT2D eigenvalue weighted by molar-refractivity contribution is -0.170. The number of hydrogen-bond acceptors (Lipinski definition) is 3. The van der Waals surface area contributed by atoms with Gasteiger partial charge < -0.3 is 0 Å². The summed E-state index contributed by atoms with van der Waals surface area (Å²) in [6, 6.07) is 0. The predicted octanol–water partition coefficient (Wildman–Crippen LogP) is 6.68. The van der Waals surface area contributed by atoms with Crippen molar-refractivity contribution < 1.29 is 0 Å². The van der Waals surface area contributed by atoms with Crippen molar-refractivity contribution >= 4 is 0 Å². The van der Waals surface area contributed by atoms with Crippen LogP contribution in [-0.4, -0.2) is 52.8 Å². The molecule has 0 aromatic rings. The van der Waals surface area contributed by atoms with Crippen LogP contribution in [0.25, 0.3) is 0 Å². The molecule has 4 fully saturated rings. The minimum absolute atomic E-state index is 0.599. The summed E-state index contributed by atoms with van der Waals surface area (Å²) in [6.07, 6.45) is 23.8. The molecule has 0 bridgehead atoms. The summed E-state index contributed by atoms with van der Waals surface area (Å²) >= 11 is 0. The zero-order valence-corrected chi connectivity index (χ0v) is 20.5. The van der Waals surface area contributed by atoms with Crippen molar-refractivity contribution in [2.24, 2.45) is 17.8 Å². The van der Waals surface area contributed by atoms with Gasteiger partial charge in [0, 0.05) is 19.6 Å². The van der Waals surface area contributed by atoms with E-state index >= 15 is 0 Å². The summed E-state index contributed by atoms with van der Waals surface area (Å²) in [5.74, 6) is 2.81. The first-order chi connectivity index (χ1) is 14.6. The van der Waals surface area contributed by atoms with E-state index in [1.54, 1.807) is 0 Å². The molecule has 0 radical (unpaired) electrons. The molecule has 3 nitrogen and oxygen atoms in total. The molecule has 4 rings (SSSR count). The molecule has 174 valence electrons. The number of rotatable bonds is 6. The van der Waals surface area contributed by atoms with Gasteiger partial charge in [-0.15, -0.1) is 0 Å². The smallest absolute Gasteiger partial charge is 0.0620 e. The van der Waals surface area contributed by atoms with Crippen LogP contribution in [0.15, 0.2) is 0 Å². The number of nitrogens with zero attached hydrogens (tertiary/aromatic N) is 3. The van der Waals surface area contributed by atoms with E-state index < -0.39 is 0 Å². The molecule has 0 spiro atoms. The minimum Gasteiger partial charge on any atom is -0.272 e. The lowest BCUT2D eigenvalue weighted by Gasteiger charge is -2.57. The molecular formula is C27H51N3. The van der Waals surface area contributed by atoms with Crippen LogP contribution in [0.5, 0.6) is 0 Å². The molecule has 1 saturated heterocycles. The SMILES string of the molecule is CC1N(CC2CCCCC2)C(C)N(CC2CCCCC2)C(C)N1CC1CCCCC1. The zero-order valence-electron chi connectivity index (χ0n) is 20.5. The van der Waals surface area contributed by atoms with Gasteiger partial charge in [-0.05, 0) is 77.0 Å². The third-order valence-electron chi connectivity index (χ3n) is 9.46. The maximum Gasteiger partial charge on any atom is 0.0620 e. The van der Waals surface area contributed by atoms with Crippen molar-refractivity contribution in [1.29, 1.82) is 0 Å². The normalized spacial score (nSPS) is 35.1. The molecule has 1 heterocycles. The van der Waals surface area contributed by atoms with E-state index in [1.807, 2.05) is 0 Å². The summed E-state index contributed by atoms with van der Waals surface area (Å²) in [4.78, 5) is 8.75. The van der Waals surface area contributed by atoms with Crippen LogP contribution in [0, 0.1) is 17.8 Å².